The Bertz CT molecular complexity index is 1170. The van der Waals surface area contributed by atoms with E-state index >= 15 is 0 Å². The van der Waals surface area contributed by atoms with Crippen LogP contribution in [0.25, 0.3) is 0 Å². The number of aromatic nitrogens is 3. The van der Waals surface area contributed by atoms with Gasteiger partial charge in [-0.1, -0.05) is 17.8 Å². The number of anilines is 1. The molecule has 3 aromatic rings. The molecule has 0 spiro atoms. The molecular formula is C19H21N5O4S3. The summed E-state index contributed by atoms with van der Waals surface area (Å²) in [6.07, 6.45) is 2.18. The zero-order valence-corrected chi connectivity index (χ0v) is 19.2. The Morgan fingerprint density at radius 3 is 2.84 bits per heavy atom. The summed E-state index contributed by atoms with van der Waals surface area (Å²) in [5.41, 5.74) is 1.29. The molecule has 9 nitrogen and oxygen atoms in total. The highest BCUT2D eigenvalue weighted by molar-refractivity contribution is 7.99. The van der Waals surface area contributed by atoms with Crippen molar-refractivity contribution >= 4 is 44.7 Å². The molecule has 3 heterocycles. The second-order valence-corrected chi connectivity index (χ2v) is 10.9. The van der Waals surface area contributed by atoms with Crippen molar-refractivity contribution in [2.45, 2.75) is 36.3 Å². The molecule has 1 aliphatic rings. The van der Waals surface area contributed by atoms with Gasteiger partial charge in [0, 0.05) is 24.2 Å². The first-order valence-corrected chi connectivity index (χ1v) is 13.0. The van der Waals surface area contributed by atoms with E-state index < -0.39 is 10.0 Å². The maximum Gasteiger partial charge on any atom is 0.277 e. The monoisotopic (exact) mass is 479 g/mol. The van der Waals surface area contributed by atoms with Crippen molar-refractivity contribution in [1.29, 1.82) is 0 Å². The van der Waals surface area contributed by atoms with Gasteiger partial charge >= 0.3 is 0 Å². The van der Waals surface area contributed by atoms with E-state index in [4.69, 9.17) is 4.42 Å². The van der Waals surface area contributed by atoms with Gasteiger partial charge in [0.25, 0.3) is 5.22 Å². The summed E-state index contributed by atoms with van der Waals surface area (Å²) in [6.45, 7) is 2.99. The lowest BCUT2D eigenvalue weighted by atomic mass is 10.3. The van der Waals surface area contributed by atoms with Gasteiger partial charge in [0.2, 0.25) is 21.8 Å². The third-order valence-electron chi connectivity index (χ3n) is 4.59. The van der Waals surface area contributed by atoms with E-state index in [1.165, 1.54) is 10.4 Å². The predicted octanol–water partition coefficient (Wildman–Crippen LogP) is 2.94. The van der Waals surface area contributed by atoms with Crippen molar-refractivity contribution in [2.24, 2.45) is 0 Å². The number of nitrogens with one attached hydrogen (secondary N) is 1. The van der Waals surface area contributed by atoms with Gasteiger partial charge in [0.15, 0.2) is 0 Å². The minimum absolute atomic E-state index is 0.0561. The second kappa shape index (κ2) is 9.47. The highest BCUT2D eigenvalue weighted by Crippen LogP contribution is 2.24. The van der Waals surface area contributed by atoms with Gasteiger partial charge in [0.1, 0.15) is 0 Å². The summed E-state index contributed by atoms with van der Waals surface area (Å²) < 4.78 is 32.4. The molecular weight excluding hydrogens is 458 g/mol. The van der Waals surface area contributed by atoms with Gasteiger partial charge < -0.3 is 9.73 Å². The number of sulfonamides is 1. The number of benzene rings is 1. The van der Waals surface area contributed by atoms with Gasteiger partial charge in [0.05, 0.1) is 27.8 Å². The topological polar surface area (TPSA) is 118 Å². The van der Waals surface area contributed by atoms with Crippen LogP contribution >= 0.6 is 23.1 Å². The summed E-state index contributed by atoms with van der Waals surface area (Å²) >= 11 is 2.67. The third-order valence-corrected chi connectivity index (χ3v) is 8.13. The first-order valence-electron chi connectivity index (χ1n) is 9.66. The molecule has 1 fully saturated rings. The van der Waals surface area contributed by atoms with E-state index in [0.717, 1.165) is 35.3 Å². The molecule has 1 N–H and O–H groups in total. The molecule has 2 aromatic heterocycles. The van der Waals surface area contributed by atoms with Crippen LogP contribution in [0.2, 0.25) is 0 Å². The number of carbonyl (C=O) groups excluding carboxylic acids is 1. The Labute approximate surface area is 188 Å². The van der Waals surface area contributed by atoms with Crippen molar-refractivity contribution in [2.75, 3.05) is 24.2 Å². The Morgan fingerprint density at radius 1 is 1.29 bits per heavy atom. The number of amides is 1. The zero-order chi connectivity index (χ0) is 21.8. The van der Waals surface area contributed by atoms with Crippen molar-refractivity contribution in [1.82, 2.24) is 19.5 Å². The van der Waals surface area contributed by atoms with Gasteiger partial charge in [-0.05, 0) is 38.0 Å². The van der Waals surface area contributed by atoms with Crippen molar-refractivity contribution in [3.63, 3.8) is 0 Å². The fourth-order valence-electron chi connectivity index (χ4n) is 3.15. The van der Waals surface area contributed by atoms with Gasteiger partial charge in [-0.25, -0.2) is 13.4 Å². The molecule has 0 unspecified atom stereocenters. The summed E-state index contributed by atoms with van der Waals surface area (Å²) in [5.74, 6) is 0.198. The molecule has 1 amide bonds. The van der Waals surface area contributed by atoms with E-state index in [1.807, 2.05) is 12.3 Å². The Hall–Kier alpha value is -2.28. The summed E-state index contributed by atoms with van der Waals surface area (Å²) in [6, 6.07) is 6.31. The van der Waals surface area contributed by atoms with Crippen molar-refractivity contribution in [3.05, 3.63) is 46.2 Å². The largest absolute Gasteiger partial charge is 0.416 e. The SMILES string of the molecule is Cc1nc(Cc2nnc(SCC(=O)Nc3cccc(S(=O)(=O)N4CCCC4)c3)o2)cs1. The molecule has 1 aromatic carbocycles. The fourth-order valence-corrected chi connectivity index (χ4v) is 5.91. The van der Waals surface area contributed by atoms with Crippen LogP contribution in [-0.4, -0.2) is 52.7 Å². The number of aryl methyl sites for hydroxylation is 1. The summed E-state index contributed by atoms with van der Waals surface area (Å²) in [4.78, 5) is 16.9. The van der Waals surface area contributed by atoms with E-state index in [1.54, 1.807) is 29.5 Å². The molecule has 1 aliphatic heterocycles. The molecule has 0 aliphatic carbocycles. The molecule has 4 rings (SSSR count). The lowest BCUT2D eigenvalue weighted by Crippen LogP contribution is -2.28. The maximum absolute atomic E-state index is 12.7. The van der Waals surface area contributed by atoms with Crippen LogP contribution in [0, 0.1) is 6.92 Å². The lowest BCUT2D eigenvalue weighted by Gasteiger charge is -2.16. The first-order chi connectivity index (χ1) is 14.9. The fraction of sp³-hybridized carbons (Fsp3) is 0.368. The van der Waals surface area contributed by atoms with E-state index in [2.05, 4.69) is 20.5 Å². The number of rotatable bonds is 8. The highest BCUT2D eigenvalue weighted by Gasteiger charge is 2.27. The normalized spacial score (nSPS) is 14.7. The average molecular weight is 480 g/mol. The molecule has 31 heavy (non-hydrogen) atoms. The third kappa shape index (κ3) is 5.50. The smallest absolute Gasteiger partial charge is 0.277 e. The second-order valence-electron chi connectivity index (χ2n) is 6.97. The van der Waals surface area contributed by atoms with E-state index in [9.17, 15) is 13.2 Å². The molecule has 12 heteroatoms. The van der Waals surface area contributed by atoms with Crippen LogP contribution < -0.4 is 5.32 Å². The standard InChI is InChI=1S/C19H21N5O4S3/c1-13-20-15(11-29-13)10-18-22-23-19(28-18)30-12-17(25)21-14-5-4-6-16(9-14)31(26,27)24-7-2-3-8-24/h4-6,9,11H,2-3,7-8,10,12H2,1H3,(H,21,25). The van der Waals surface area contributed by atoms with Gasteiger partial charge in [-0.15, -0.1) is 21.5 Å². The molecule has 0 atom stereocenters. The Balaban J connectivity index is 1.32. The minimum atomic E-state index is -3.53. The average Bonchev–Trinajstić information content (AvgIpc) is 3.50. The van der Waals surface area contributed by atoms with Gasteiger partial charge in [-0.3, -0.25) is 4.79 Å². The minimum Gasteiger partial charge on any atom is -0.416 e. The number of hydrogen-bond donors (Lipinski definition) is 1. The van der Waals surface area contributed by atoms with Crippen LogP contribution in [0.3, 0.4) is 0 Å². The molecule has 0 saturated carbocycles. The molecule has 1 saturated heterocycles. The highest BCUT2D eigenvalue weighted by atomic mass is 32.2. The number of carbonyl (C=O) groups is 1. The zero-order valence-electron chi connectivity index (χ0n) is 16.8. The van der Waals surface area contributed by atoms with Crippen LogP contribution in [-0.2, 0) is 21.2 Å². The molecule has 0 bridgehead atoms. The first kappa shape index (κ1) is 21.9. The van der Waals surface area contributed by atoms with Crippen molar-refractivity contribution < 1.29 is 17.6 Å². The van der Waals surface area contributed by atoms with E-state index in [-0.39, 0.29) is 16.6 Å². The maximum atomic E-state index is 12.7. The van der Waals surface area contributed by atoms with Crippen LogP contribution in [0.4, 0.5) is 5.69 Å². The molecule has 0 radical (unpaired) electrons. The number of thiazole rings is 1. The molecule has 164 valence electrons. The van der Waals surface area contributed by atoms with Crippen LogP contribution in [0.1, 0.15) is 29.4 Å². The Kier molecular flexibility index (Phi) is 6.70. The Morgan fingerprint density at radius 2 is 2.10 bits per heavy atom. The number of nitrogens with zero attached hydrogens (tertiary/aromatic N) is 4. The van der Waals surface area contributed by atoms with E-state index in [0.29, 0.717) is 36.3 Å². The predicted molar refractivity (Wildman–Crippen MR) is 118 cm³/mol. The van der Waals surface area contributed by atoms with Crippen LogP contribution in [0.15, 0.2) is 44.2 Å². The lowest BCUT2D eigenvalue weighted by molar-refractivity contribution is -0.113. The van der Waals surface area contributed by atoms with Crippen LogP contribution in [0.5, 0.6) is 0 Å². The summed E-state index contributed by atoms with van der Waals surface area (Å²) in [5, 5.41) is 13.9. The van der Waals surface area contributed by atoms with Gasteiger partial charge in [-0.2, -0.15) is 4.31 Å². The summed E-state index contributed by atoms with van der Waals surface area (Å²) in [7, 11) is -3.53. The quantitative estimate of drug-likeness (QED) is 0.490. The number of thioether (sulfide) groups is 1. The van der Waals surface area contributed by atoms with Crippen molar-refractivity contribution in [3.8, 4) is 0 Å². The number of hydrogen-bond acceptors (Lipinski definition) is 9.